The molecule has 0 aliphatic rings. The Hall–Kier alpha value is -3.12. The van der Waals surface area contributed by atoms with Crippen LogP contribution in [0.1, 0.15) is 11.1 Å². The third-order valence-corrected chi connectivity index (χ3v) is 3.44. The smallest absolute Gasteiger partial charge is 0.329 e. The summed E-state index contributed by atoms with van der Waals surface area (Å²) in [7, 11) is 0. The molecule has 0 aliphatic carbocycles. The Labute approximate surface area is 156 Å². The maximum absolute atomic E-state index is 11.4. The van der Waals surface area contributed by atoms with Crippen LogP contribution >= 0.6 is 11.6 Å². The third-order valence-electron chi connectivity index (χ3n) is 3.19. The number of hydrogen-bond acceptors (Lipinski definition) is 4. The van der Waals surface area contributed by atoms with Gasteiger partial charge in [-0.3, -0.25) is 9.59 Å². The van der Waals surface area contributed by atoms with Crippen molar-refractivity contribution in [3.05, 3.63) is 77.3 Å². The van der Waals surface area contributed by atoms with Gasteiger partial charge < -0.3 is 10.1 Å². The quantitative estimate of drug-likeness (QED) is 0.340. The van der Waals surface area contributed by atoms with Crippen molar-refractivity contribution in [2.45, 2.75) is 6.61 Å². The van der Waals surface area contributed by atoms with E-state index in [1.807, 2.05) is 24.3 Å². The van der Waals surface area contributed by atoms with Gasteiger partial charge in [-0.05, 0) is 47.5 Å². The van der Waals surface area contributed by atoms with E-state index in [-0.39, 0.29) is 6.54 Å². The highest BCUT2D eigenvalue weighted by atomic mass is 35.5. The number of nitrogens with one attached hydrogen (secondary N) is 2. The number of rotatable bonds is 7. The molecular weight excluding hydrogens is 354 g/mol. The molecule has 0 spiro atoms. The van der Waals surface area contributed by atoms with E-state index in [4.69, 9.17) is 16.3 Å². The Morgan fingerprint density at radius 1 is 1.08 bits per heavy atom. The fraction of sp³-hybridized carbons (Fsp3) is 0.105. The van der Waals surface area contributed by atoms with Gasteiger partial charge in [0.25, 0.3) is 0 Å². The van der Waals surface area contributed by atoms with Gasteiger partial charge in [-0.2, -0.15) is 5.10 Å². The van der Waals surface area contributed by atoms with Gasteiger partial charge >= 0.3 is 11.8 Å². The van der Waals surface area contributed by atoms with Crippen LogP contribution in [0.25, 0.3) is 0 Å². The largest absolute Gasteiger partial charge is 0.489 e. The van der Waals surface area contributed by atoms with Gasteiger partial charge in [0.05, 0.1) is 6.21 Å². The highest BCUT2D eigenvalue weighted by molar-refractivity contribution is 6.35. The minimum Gasteiger partial charge on any atom is -0.489 e. The summed E-state index contributed by atoms with van der Waals surface area (Å²) >= 11 is 5.84. The zero-order chi connectivity index (χ0) is 18.8. The number of hydrogen-bond donors (Lipinski definition) is 2. The molecule has 134 valence electrons. The topological polar surface area (TPSA) is 79.8 Å². The van der Waals surface area contributed by atoms with E-state index in [0.717, 1.165) is 11.1 Å². The molecule has 26 heavy (non-hydrogen) atoms. The molecule has 7 heteroatoms. The molecule has 2 aromatic rings. The van der Waals surface area contributed by atoms with Crippen molar-refractivity contribution in [3.63, 3.8) is 0 Å². The Morgan fingerprint density at radius 2 is 1.77 bits per heavy atom. The lowest BCUT2D eigenvalue weighted by Crippen LogP contribution is -2.37. The first-order valence-corrected chi connectivity index (χ1v) is 8.15. The van der Waals surface area contributed by atoms with E-state index < -0.39 is 11.8 Å². The fourth-order valence-corrected chi connectivity index (χ4v) is 1.98. The lowest BCUT2D eigenvalue weighted by Gasteiger charge is -2.06. The minimum absolute atomic E-state index is 0.216. The lowest BCUT2D eigenvalue weighted by molar-refractivity contribution is -0.139. The van der Waals surface area contributed by atoms with Crippen LogP contribution in [0, 0.1) is 0 Å². The normalized spacial score (nSPS) is 10.3. The zero-order valence-electron chi connectivity index (χ0n) is 13.9. The summed E-state index contributed by atoms with van der Waals surface area (Å²) < 4.78 is 5.68. The summed E-state index contributed by atoms with van der Waals surface area (Å²) in [5.41, 5.74) is 3.91. The Morgan fingerprint density at radius 3 is 2.42 bits per heavy atom. The van der Waals surface area contributed by atoms with E-state index >= 15 is 0 Å². The summed E-state index contributed by atoms with van der Waals surface area (Å²) in [6.07, 6.45) is 2.91. The molecule has 2 aromatic carbocycles. The van der Waals surface area contributed by atoms with Crippen LogP contribution in [-0.4, -0.2) is 24.6 Å². The molecule has 2 amide bonds. The Balaban J connectivity index is 1.81. The predicted molar refractivity (Wildman–Crippen MR) is 101 cm³/mol. The van der Waals surface area contributed by atoms with Gasteiger partial charge in [-0.1, -0.05) is 29.8 Å². The van der Waals surface area contributed by atoms with Crippen LogP contribution in [0.4, 0.5) is 0 Å². The maximum atomic E-state index is 11.4. The zero-order valence-corrected chi connectivity index (χ0v) is 14.7. The molecule has 2 N–H and O–H groups in total. The van der Waals surface area contributed by atoms with E-state index in [0.29, 0.717) is 17.4 Å². The molecule has 0 atom stereocenters. The van der Waals surface area contributed by atoms with Crippen molar-refractivity contribution >= 4 is 29.6 Å². The van der Waals surface area contributed by atoms with Crippen molar-refractivity contribution in [1.82, 2.24) is 10.7 Å². The van der Waals surface area contributed by atoms with Crippen molar-refractivity contribution in [1.29, 1.82) is 0 Å². The Kier molecular flexibility index (Phi) is 7.39. The van der Waals surface area contributed by atoms with E-state index in [1.165, 1.54) is 12.3 Å². The molecule has 6 nitrogen and oxygen atoms in total. The summed E-state index contributed by atoms with van der Waals surface area (Å²) in [5, 5.41) is 6.77. The highest BCUT2D eigenvalue weighted by Gasteiger charge is 2.10. The average Bonchev–Trinajstić information content (AvgIpc) is 2.66. The van der Waals surface area contributed by atoms with Crippen LogP contribution in [-0.2, 0) is 16.2 Å². The lowest BCUT2D eigenvalue weighted by atomic mass is 10.2. The summed E-state index contributed by atoms with van der Waals surface area (Å²) in [6, 6.07) is 14.6. The van der Waals surface area contributed by atoms with Gasteiger partial charge in [0.15, 0.2) is 0 Å². The molecule has 0 fully saturated rings. The van der Waals surface area contributed by atoms with Crippen molar-refractivity contribution in [2.24, 2.45) is 5.10 Å². The third kappa shape index (κ3) is 6.41. The molecule has 0 unspecified atom stereocenters. The Bertz CT molecular complexity index is 787. The number of ether oxygens (including phenoxy) is 1. The van der Waals surface area contributed by atoms with Gasteiger partial charge in [-0.15, -0.1) is 6.58 Å². The number of amides is 2. The van der Waals surface area contributed by atoms with Gasteiger partial charge in [0.2, 0.25) is 0 Å². The van der Waals surface area contributed by atoms with E-state index in [2.05, 4.69) is 22.4 Å². The fourth-order valence-electron chi connectivity index (χ4n) is 1.86. The first kappa shape index (κ1) is 19.2. The van der Waals surface area contributed by atoms with Crippen LogP contribution in [0.3, 0.4) is 0 Å². The molecule has 0 aromatic heterocycles. The molecule has 0 radical (unpaired) electrons. The molecule has 0 aliphatic heterocycles. The molecule has 0 saturated carbocycles. The van der Waals surface area contributed by atoms with E-state index in [1.54, 1.807) is 24.3 Å². The van der Waals surface area contributed by atoms with Crippen molar-refractivity contribution < 1.29 is 14.3 Å². The van der Waals surface area contributed by atoms with Crippen LogP contribution in [0.5, 0.6) is 5.75 Å². The minimum atomic E-state index is -0.842. The molecule has 2 rings (SSSR count). The second kappa shape index (κ2) is 10.0. The van der Waals surface area contributed by atoms with Gasteiger partial charge in [0, 0.05) is 11.6 Å². The standard InChI is InChI=1S/C19H18ClN3O3/c1-2-11-21-18(24)19(25)23-22-12-14-5-9-17(10-6-14)26-13-15-3-7-16(20)8-4-15/h2-10,12H,1,11,13H2,(H,21,24)(H,23,25)/b22-12+. The summed E-state index contributed by atoms with van der Waals surface area (Å²) in [5.74, 6) is -0.913. The second-order valence-corrected chi connectivity index (χ2v) is 5.62. The SMILES string of the molecule is C=CCNC(=O)C(=O)N/N=C/c1ccc(OCc2ccc(Cl)cc2)cc1. The highest BCUT2D eigenvalue weighted by Crippen LogP contribution is 2.15. The van der Waals surface area contributed by atoms with Gasteiger partial charge in [0.1, 0.15) is 12.4 Å². The molecule has 0 saturated heterocycles. The number of carbonyl (C=O) groups is 2. The van der Waals surface area contributed by atoms with Crippen LogP contribution in [0.15, 0.2) is 66.3 Å². The maximum Gasteiger partial charge on any atom is 0.329 e. The van der Waals surface area contributed by atoms with Crippen molar-refractivity contribution in [2.75, 3.05) is 6.54 Å². The number of hydrazone groups is 1. The number of halogens is 1. The average molecular weight is 372 g/mol. The van der Waals surface area contributed by atoms with Crippen LogP contribution in [0.2, 0.25) is 5.02 Å². The first-order chi connectivity index (χ1) is 12.6. The number of carbonyl (C=O) groups excluding carboxylic acids is 2. The number of benzene rings is 2. The van der Waals surface area contributed by atoms with E-state index in [9.17, 15) is 9.59 Å². The summed E-state index contributed by atoms with van der Waals surface area (Å²) in [4.78, 5) is 22.8. The first-order valence-electron chi connectivity index (χ1n) is 7.78. The monoisotopic (exact) mass is 371 g/mol. The number of nitrogens with zero attached hydrogens (tertiary/aromatic N) is 1. The predicted octanol–water partition coefficient (Wildman–Crippen LogP) is 2.67. The van der Waals surface area contributed by atoms with Crippen LogP contribution < -0.4 is 15.5 Å². The second-order valence-electron chi connectivity index (χ2n) is 5.18. The van der Waals surface area contributed by atoms with Crippen molar-refractivity contribution in [3.8, 4) is 5.75 Å². The summed E-state index contributed by atoms with van der Waals surface area (Å²) in [6.45, 7) is 4.09. The van der Waals surface area contributed by atoms with Gasteiger partial charge in [-0.25, -0.2) is 5.43 Å². The molecule has 0 heterocycles. The molecular formula is C19H18ClN3O3. The molecule has 0 bridgehead atoms.